The fraction of sp³-hybridized carbons (Fsp3) is 0.269. The summed E-state index contributed by atoms with van der Waals surface area (Å²) in [5.74, 6) is 1.03. The summed E-state index contributed by atoms with van der Waals surface area (Å²) in [6.07, 6.45) is 0. The number of rotatable bonds is 10. The average Bonchev–Trinajstić information content (AvgIpc) is 2.87. The third kappa shape index (κ3) is 5.86. The van der Waals surface area contributed by atoms with Gasteiger partial charge >= 0.3 is 0 Å². The highest BCUT2D eigenvalue weighted by Gasteiger charge is 2.31. The second-order valence-electron chi connectivity index (χ2n) is 7.74. The van der Waals surface area contributed by atoms with Crippen LogP contribution in [0.15, 0.2) is 71.6 Å². The molecule has 1 amide bonds. The van der Waals surface area contributed by atoms with Crippen LogP contribution >= 0.6 is 0 Å². The van der Waals surface area contributed by atoms with E-state index < -0.39 is 22.5 Å². The summed E-state index contributed by atoms with van der Waals surface area (Å²) in [5.41, 5.74) is 1.68. The Bertz CT molecular complexity index is 1260. The van der Waals surface area contributed by atoms with Crippen LogP contribution in [0.4, 0.5) is 11.4 Å². The first-order valence-corrected chi connectivity index (χ1v) is 12.5. The monoisotopic (exact) mass is 498 g/mol. The molecule has 9 heteroatoms. The summed E-state index contributed by atoms with van der Waals surface area (Å²) in [4.78, 5) is 14.7. The number of hydrogen-bond donors (Lipinski definition) is 0. The summed E-state index contributed by atoms with van der Waals surface area (Å²) in [6, 6.07) is 18.4. The van der Waals surface area contributed by atoms with Crippen molar-refractivity contribution in [3.05, 3.63) is 72.3 Å². The van der Waals surface area contributed by atoms with E-state index in [4.69, 9.17) is 14.2 Å². The van der Waals surface area contributed by atoms with Gasteiger partial charge in [-0.2, -0.15) is 0 Å². The molecular formula is C26H30N2O6S. The number of hydrogen-bond acceptors (Lipinski definition) is 6. The highest BCUT2D eigenvalue weighted by Crippen LogP contribution is 2.32. The number of likely N-dealkylation sites (N-methyl/N-ethyl adjacent to an activating group) is 1. The first-order chi connectivity index (χ1) is 16.7. The van der Waals surface area contributed by atoms with Crippen molar-refractivity contribution in [3.63, 3.8) is 0 Å². The number of nitrogens with zero attached hydrogens (tertiary/aromatic N) is 2. The van der Waals surface area contributed by atoms with Gasteiger partial charge in [-0.15, -0.1) is 0 Å². The Morgan fingerprint density at radius 3 is 2.03 bits per heavy atom. The van der Waals surface area contributed by atoms with Crippen molar-refractivity contribution < 1.29 is 27.4 Å². The number of sulfonamides is 1. The predicted octanol–water partition coefficient (Wildman–Crippen LogP) is 4.27. The minimum absolute atomic E-state index is 0.0196. The van der Waals surface area contributed by atoms with Crippen molar-refractivity contribution in [3.8, 4) is 17.2 Å². The van der Waals surface area contributed by atoms with Crippen LogP contribution in [0.2, 0.25) is 0 Å². The SMILES string of the molecule is CCOc1ccc(N(CC(=O)N(C)c2ccc(OC)cc2)S(=O)(=O)c2cc(C)ccc2OC)cc1. The first kappa shape index (κ1) is 25.9. The number of ether oxygens (including phenoxy) is 3. The van der Waals surface area contributed by atoms with Crippen LogP contribution in [0, 0.1) is 6.92 Å². The molecule has 0 heterocycles. The van der Waals surface area contributed by atoms with Crippen LogP contribution in [0.3, 0.4) is 0 Å². The smallest absolute Gasteiger partial charge is 0.268 e. The highest BCUT2D eigenvalue weighted by molar-refractivity contribution is 7.93. The molecule has 0 aliphatic heterocycles. The Balaban J connectivity index is 2.02. The van der Waals surface area contributed by atoms with Crippen molar-refractivity contribution in [2.75, 3.05) is 43.6 Å². The quantitative estimate of drug-likeness (QED) is 0.415. The number of carbonyl (C=O) groups is 1. The van der Waals surface area contributed by atoms with E-state index in [0.717, 1.165) is 9.87 Å². The molecule has 0 saturated carbocycles. The third-order valence-electron chi connectivity index (χ3n) is 5.44. The zero-order valence-corrected chi connectivity index (χ0v) is 21.3. The van der Waals surface area contributed by atoms with Gasteiger partial charge in [-0.3, -0.25) is 9.10 Å². The van der Waals surface area contributed by atoms with E-state index in [1.807, 2.05) is 6.92 Å². The predicted molar refractivity (Wildman–Crippen MR) is 136 cm³/mol. The standard InChI is InChI=1S/C26H30N2O6S/c1-6-34-23-14-10-21(11-15-23)28(35(30,31)25-17-19(2)7-16-24(25)33-5)18-26(29)27(3)20-8-12-22(32-4)13-9-20/h7-17H,6,18H2,1-5H3. The van der Waals surface area contributed by atoms with Crippen molar-refractivity contribution in [2.45, 2.75) is 18.7 Å². The number of carbonyl (C=O) groups excluding carboxylic acids is 1. The fourth-order valence-corrected chi connectivity index (χ4v) is 5.13. The molecule has 0 spiro atoms. The maximum atomic E-state index is 13.9. The highest BCUT2D eigenvalue weighted by atomic mass is 32.2. The van der Waals surface area contributed by atoms with Crippen LogP contribution in [0.1, 0.15) is 12.5 Å². The van der Waals surface area contributed by atoms with E-state index in [9.17, 15) is 13.2 Å². The van der Waals surface area contributed by atoms with E-state index >= 15 is 0 Å². The largest absolute Gasteiger partial charge is 0.497 e. The number of methoxy groups -OCH3 is 2. The molecule has 3 aromatic carbocycles. The molecule has 0 radical (unpaired) electrons. The molecule has 0 aliphatic carbocycles. The number of benzene rings is 3. The second-order valence-corrected chi connectivity index (χ2v) is 9.57. The topological polar surface area (TPSA) is 85.4 Å². The molecule has 0 aliphatic rings. The number of amides is 1. The Kier molecular flexibility index (Phi) is 8.24. The van der Waals surface area contributed by atoms with E-state index in [-0.39, 0.29) is 10.6 Å². The van der Waals surface area contributed by atoms with Gasteiger partial charge in [0.15, 0.2) is 0 Å². The molecule has 0 aromatic heterocycles. The zero-order valence-electron chi connectivity index (χ0n) is 20.5. The van der Waals surface area contributed by atoms with E-state index in [1.54, 1.807) is 81.7 Å². The maximum Gasteiger partial charge on any atom is 0.268 e. The molecule has 0 atom stereocenters. The Hall–Kier alpha value is -3.72. The van der Waals surface area contributed by atoms with Crippen LogP contribution < -0.4 is 23.4 Å². The van der Waals surface area contributed by atoms with Gasteiger partial charge in [0.25, 0.3) is 10.0 Å². The second kappa shape index (κ2) is 11.1. The van der Waals surface area contributed by atoms with E-state index in [2.05, 4.69) is 0 Å². The molecular weight excluding hydrogens is 468 g/mol. The van der Waals surface area contributed by atoms with E-state index in [0.29, 0.717) is 29.5 Å². The molecule has 3 aromatic rings. The average molecular weight is 499 g/mol. The minimum atomic E-state index is -4.17. The lowest BCUT2D eigenvalue weighted by molar-refractivity contribution is -0.116. The molecule has 35 heavy (non-hydrogen) atoms. The molecule has 0 bridgehead atoms. The van der Waals surface area contributed by atoms with Crippen molar-refractivity contribution >= 4 is 27.3 Å². The van der Waals surface area contributed by atoms with Crippen molar-refractivity contribution in [1.82, 2.24) is 0 Å². The third-order valence-corrected chi connectivity index (χ3v) is 7.23. The summed E-state index contributed by atoms with van der Waals surface area (Å²) >= 11 is 0. The van der Waals surface area contributed by atoms with Crippen LogP contribution in [-0.4, -0.2) is 48.7 Å². The number of aryl methyl sites for hydroxylation is 1. The van der Waals surface area contributed by atoms with Crippen molar-refractivity contribution in [1.29, 1.82) is 0 Å². The lowest BCUT2D eigenvalue weighted by atomic mass is 10.2. The number of anilines is 2. The van der Waals surface area contributed by atoms with Gasteiger partial charge in [-0.1, -0.05) is 6.07 Å². The van der Waals surface area contributed by atoms with Gasteiger partial charge in [0, 0.05) is 12.7 Å². The van der Waals surface area contributed by atoms with Gasteiger partial charge in [0.05, 0.1) is 26.5 Å². The normalized spacial score (nSPS) is 11.0. The molecule has 8 nitrogen and oxygen atoms in total. The van der Waals surface area contributed by atoms with Gasteiger partial charge < -0.3 is 19.1 Å². The van der Waals surface area contributed by atoms with Crippen LogP contribution in [0.5, 0.6) is 17.2 Å². The summed E-state index contributed by atoms with van der Waals surface area (Å²) in [6.45, 7) is 3.72. The molecule has 0 unspecified atom stereocenters. The lowest BCUT2D eigenvalue weighted by Crippen LogP contribution is -2.41. The van der Waals surface area contributed by atoms with Gasteiger partial charge in [0.1, 0.15) is 28.7 Å². The maximum absolute atomic E-state index is 13.9. The van der Waals surface area contributed by atoms with Crippen molar-refractivity contribution in [2.24, 2.45) is 0 Å². The summed E-state index contributed by atoms with van der Waals surface area (Å²) in [5, 5.41) is 0. The Labute approximate surface area is 206 Å². The van der Waals surface area contributed by atoms with Gasteiger partial charge in [0.2, 0.25) is 5.91 Å². The molecule has 0 saturated heterocycles. The van der Waals surface area contributed by atoms with Crippen LogP contribution in [-0.2, 0) is 14.8 Å². The molecule has 0 fully saturated rings. The van der Waals surface area contributed by atoms with Crippen LogP contribution in [0.25, 0.3) is 0 Å². The van der Waals surface area contributed by atoms with Gasteiger partial charge in [-0.05, 0) is 80.1 Å². The molecule has 186 valence electrons. The van der Waals surface area contributed by atoms with E-state index in [1.165, 1.54) is 18.1 Å². The summed E-state index contributed by atoms with van der Waals surface area (Å²) in [7, 11) is 0.400. The van der Waals surface area contributed by atoms with Gasteiger partial charge in [-0.25, -0.2) is 8.42 Å². The lowest BCUT2D eigenvalue weighted by Gasteiger charge is -2.27. The Morgan fingerprint density at radius 2 is 1.46 bits per heavy atom. The zero-order chi connectivity index (χ0) is 25.6. The minimum Gasteiger partial charge on any atom is -0.497 e. The summed E-state index contributed by atoms with van der Waals surface area (Å²) < 4.78 is 44.8. The molecule has 0 N–H and O–H groups in total. The molecule has 3 rings (SSSR count). The Morgan fingerprint density at radius 1 is 0.857 bits per heavy atom. The first-order valence-electron chi connectivity index (χ1n) is 11.0. The fourth-order valence-electron chi connectivity index (χ4n) is 3.47.